The Balaban J connectivity index is 1.10. The van der Waals surface area contributed by atoms with Crippen molar-refractivity contribution in [3.8, 4) is 16.9 Å². The van der Waals surface area contributed by atoms with Crippen LogP contribution in [-0.2, 0) is 13.2 Å². The summed E-state index contributed by atoms with van der Waals surface area (Å²) in [6, 6.07) is 19.8. The highest BCUT2D eigenvalue weighted by Gasteiger charge is 2.19. The Morgan fingerprint density at radius 3 is 2.58 bits per heavy atom. The summed E-state index contributed by atoms with van der Waals surface area (Å²) < 4.78 is 21.3. The van der Waals surface area contributed by atoms with Gasteiger partial charge in [0.2, 0.25) is 0 Å². The maximum Gasteiger partial charge on any atom is 0.141 e. The second-order valence-corrected chi connectivity index (χ2v) is 11.7. The molecule has 1 aliphatic rings. The van der Waals surface area contributed by atoms with Crippen LogP contribution in [0.1, 0.15) is 5.56 Å². The predicted octanol–water partition coefficient (Wildman–Crippen LogP) is 5.18. The van der Waals surface area contributed by atoms with E-state index in [2.05, 4.69) is 31.2 Å². The van der Waals surface area contributed by atoms with Gasteiger partial charge in [-0.3, -0.25) is 9.80 Å². The van der Waals surface area contributed by atoms with Gasteiger partial charge in [-0.2, -0.15) is 0 Å². The molecule has 11 heteroatoms. The number of aliphatic hydroxyl groups is 2. The number of anilines is 2. The van der Waals surface area contributed by atoms with Crippen molar-refractivity contribution >= 4 is 34.0 Å². The number of aliphatic hydroxyl groups excluding tert-OH is 2. The fraction of sp³-hybridized carbons (Fsp3) is 0.294. The Kier molecular flexibility index (Phi) is 9.88. The van der Waals surface area contributed by atoms with E-state index in [1.54, 1.807) is 24.3 Å². The largest absolute Gasteiger partial charge is 0.487 e. The monoisotopic (exact) mass is 630 g/mol. The Hall–Kier alpha value is -4.06. The molecule has 0 radical (unpaired) electrons. The average molecular weight is 631 g/mol. The third kappa shape index (κ3) is 7.97. The SMILES string of the molecule is OCCN1CCN(CC(O)Cn2ccc(-c3ccc4ncnc(Nc5ccc(OCc6cccc(F)c6)c(Cl)c5)c4c3)c2)CC1. The lowest BCUT2D eigenvalue weighted by atomic mass is 10.1. The second-order valence-electron chi connectivity index (χ2n) is 11.3. The standard InChI is InChI=1S/C34H36ClFN6O3/c35-31-18-28(5-7-33(31)45-22-24-2-1-3-27(36)16-24)39-34-30-17-25(4-6-32(30)37-23-38-34)26-8-9-42(19-26)21-29(44)20-41-12-10-40(11-13-41)14-15-43/h1-9,16-19,23,29,43-44H,10-15,20-22H2,(H,37,38,39). The minimum absolute atomic E-state index is 0.181. The highest BCUT2D eigenvalue weighted by molar-refractivity contribution is 6.32. The maximum atomic E-state index is 13.5. The molecule has 9 nitrogen and oxygen atoms in total. The molecular formula is C34H36ClFN6O3. The van der Waals surface area contributed by atoms with E-state index in [1.807, 2.05) is 41.2 Å². The highest BCUT2D eigenvalue weighted by atomic mass is 35.5. The van der Waals surface area contributed by atoms with Gasteiger partial charge in [0.05, 0.1) is 23.3 Å². The molecule has 1 saturated heterocycles. The first kappa shape index (κ1) is 30.9. The fourth-order valence-corrected chi connectivity index (χ4v) is 5.85. The molecule has 2 aromatic heterocycles. The molecule has 3 N–H and O–H groups in total. The summed E-state index contributed by atoms with van der Waals surface area (Å²) in [7, 11) is 0. The summed E-state index contributed by atoms with van der Waals surface area (Å²) in [5.41, 5.74) is 4.28. The van der Waals surface area contributed by atoms with E-state index < -0.39 is 6.10 Å². The molecule has 0 amide bonds. The average Bonchev–Trinajstić information content (AvgIpc) is 3.50. The number of rotatable bonds is 12. The van der Waals surface area contributed by atoms with Crippen LogP contribution >= 0.6 is 11.6 Å². The summed E-state index contributed by atoms with van der Waals surface area (Å²) >= 11 is 6.52. The van der Waals surface area contributed by atoms with Gasteiger partial charge >= 0.3 is 0 Å². The number of piperazine rings is 1. The number of hydrogen-bond acceptors (Lipinski definition) is 8. The third-order valence-corrected chi connectivity index (χ3v) is 8.26. The number of nitrogens with zero attached hydrogens (tertiary/aromatic N) is 5. The smallest absolute Gasteiger partial charge is 0.141 e. The van der Waals surface area contributed by atoms with E-state index in [9.17, 15) is 9.50 Å². The van der Waals surface area contributed by atoms with Crippen molar-refractivity contribution in [2.45, 2.75) is 19.3 Å². The lowest BCUT2D eigenvalue weighted by Crippen LogP contribution is -2.49. The summed E-state index contributed by atoms with van der Waals surface area (Å²) in [5.74, 6) is 0.826. The van der Waals surface area contributed by atoms with Crippen molar-refractivity contribution in [2.24, 2.45) is 0 Å². The number of ether oxygens (including phenoxy) is 1. The van der Waals surface area contributed by atoms with Crippen molar-refractivity contribution < 1.29 is 19.3 Å². The lowest BCUT2D eigenvalue weighted by molar-refractivity contribution is 0.0591. The van der Waals surface area contributed by atoms with Crippen molar-refractivity contribution in [1.29, 1.82) is 0 Å². The Morgan fingerprint density at radius 1 is 0.933 bits per heavy atom. The molecule has 3 heterocycles. The second kappa shape index (κ2) is 14.4. The van der Waals surface area contributed by atoms with Crippen LogP contribution in [0.3, 0.4) is 0 Å². The molecule has 1 fully saturated rings. The minimum atomic E-state index is -0.486. The summed E-state index contributed by atoms with van der Waals surface area (Å²) in [5, 5.41) is 24.6. The molecule has 234 valence electrons. The van der Waals surface area contributed by atoms with Gasteiger partial charge < -0.3 is 24.8 Å². The van der Waals surface area contributed by atoms with Crippen LogP contribution in [-0.4, -0.2) is 86.5 Å². The highest BCUT2D eigenvalue weighted by Crippen LogP contribution is 2.32. The third-order valence-electron chi connectivity index (χ3n) is 7.97. The zero-order valence-corrected chi connectivity index (χ0v) is 25.6. The van der Waals surface area contributed by atoms with Gasteiger partial charge in [0.25, 0.3) is 0 Å². The van der Waals surface area contributed by atoms with Crippen LogP contribution in [0, 0.1) is 5.82 Å². The number of fused-ring (bicyclic) bond motifs is 1. The van der Waals surface area contributed by atoms with E-state index in [-0.39, 0.29) is 19.0 Å². The number of nitrogens with one attached hydrogen (secondary N) is 1. The number of benzene rings is 3. The van der Waals surface area contributed by atoms with Gasteiger partial charge in [-0.1, -0.05) is 29.8 Å². The molecule has 0 bridgehead atoms. The van der Waals surface area contributed by atoms with Gasteiger partial charge in [0.15, 0.2) is 0 Å². The Bertz CT molecular complexity index is 1740. The van der Waals surface area contributed by atoms with E-state index in [0.717, 1.165) is 53.9 Å². The van der Waals surface area contributed by atoms with E-state index >= 15 is 0 Å². The van der Waals surface area contributed by atoms with Crippen LogP contribution in [0.25, 0.3) is 22.0 Å². The first-order valence-corrected chi connectivity index (χ1v) is 15.4. The predicted molar refractivity (Wildman–Crippen MR) is 174 cm³/mol. The summed E-state index contributed by atoms with van der Waals surface area (Å²) in [4.78, 5) is 13.5. The minimum Gasteiger partial charge on any atom is -0.487 e. The van der Waals surface area contributed by atoms with Gasteiger partial charge in [0.1, 0.15) is 30.3 Å². The number of halogens is 2. The molecule has 0 spiro atoms. The molecule has 45 heavy (non-hydrogen) atoms. The molecule has 6 rings (SSSR count). The van der Waals surface area contributed by atoms with Crippen molar-refractivity contribution in [1.82, 2.24) is 24.3 Å². The van der Waals surface area contributed by atoms with Gasteiger partial charge in [0, 0.05) is 69.3 Å². The van der Waals surface area contributed by atoms with Crippen LogP contribution in [0.4, 0.5) is 15.9 Å². The summed E-state index contributed by atoms with van der Waals surface area (Å²) in [6.07, 6.45) is 5.07. The number of hydrogen-bond donors (Lipinski definition) is 3. The quantitative estimate of drug-likeness (QED) is 0.173. The topological polar surface area (TPSA) is 98.9 Å². The molecule has 1 atom stereocenters. The normalized spacial score (nSPS) is 14.9. The summed E-state index contributed by atoms with van der Waals surface area (Å²) in [6.45, 7) is 5.82. The van der Waals surface area contributed by atoms with E-state index in [0.29, 0.717) is 41.8 Å². The van der Waals surface area contributed by atoms with E-state index in [1.165, 1.54) is 18.5 Å². The first-order valence-electron chi connectivity index (χ1n) is 15.0. The number of aromatic nitrogens is 3. The van der Waals surface area contributed by atoms with Crippen LogP contribution in [0.15, 0.2) is 85.5 Å². The van der Waals surface area contributed by atoms with E-state index in [4.69, 9.17) is 21.4 Å². The molecule has 5 aromatic rings. The Labute approximate surface area is 266 Å². The Morgan fingerprint density at radius 2 is 1.78 bits per heavy atom. The first-order chi connectivity index (χ1) is 21.9. The van der Waals surface area contributed by atoms with Crippen molar-refractivity contribution in [3.05, 3.63) is 102 Å². The zero-order valence-electron chi connectivity index (χ0n) is 24.8. The zero-order chi connectivity index (χ0) is 31.2. The molecular weight excluding hydrogens is 595 g/mol. The van der Waals surface area contributed by atoms with Crippen molar-refractivity contribution in [2.75, 3.05) is 51.2 Å². The molecule has 0 saturated carbocycles. The van der Waals surface area contributed by atoms with Crippen LogP contribution < -0.4 is 10.1 Å². The van der Waals surface area contributed by atoms with Crippen molar-refractivity contribution in [3.63, 3.8) is 0 Å². The molecule has 1 aliphatic heterocycles. The molecule has 1 unspecified atom stereocenters. The van der Waals surface area contributed by atoms with Gasteiger partial charge in [-0.05, 0) is 65.2 Å². The maximum absolute atomic E-state index is 13.5. The van der Waals surface area contributed by atoms with Crippen LogP contribution in [0.5, 0.6) is 5.75 Å². The number of β-amino-alcohol motifs (C(OH)–C–C–N with tert-alkyl or cyclic N) is 2. The van der Waals surface area contributed by atoms with Gasteiger partial charge in [-0.15, -0.1) is 0 Å². The lowest BCUT2D eigenvalue weighted by Gasteiger charge is -2.35. The van der Waals surface area contributed by atoms with Gasteiger partial charge in [-0.25, -0.2) is 14.4 Å². The fourth-order valence-electron chi connectivity index (χ4n) is 5.62. The molecule has 3 aromatic carbocycles. The molecule has 0 aliphatic carbocycles. The van der Waals surface area contributed by atoms with Crippen LogP contribution in [0.2, 0.25) is 5.02 Å².